The van der Waals surface area contributed by atoms with Crippen molar-refractivity contribution in [3.63, 3.8) is 0 Å². The summed E-state index contributed by atoms with van der Waals surface area (Å²) in [6, 6.07) is 13.5. The Balaban J connectivity index is 1.98. The van der Waals surface area contributed by atoms with E-state index in [-0.39, 0.29) is 4.90 Å². The molecule has 0 fully saturated rings. The Kier molecular flexibility index (Phi) is 4.18. The zero-order valence-corrected chi connectivity index (χ0v) is 14.5. The molecular formula is C15H12BrN3O3S. The van der Waals surface area contributed by atoms with Crippen LogP contribution in [0.1, 0.15) is 0 Å². The molecule has 0 saturated carbocycles. The average molecular weight is 394 g/mol. The number of hydrogen-bond acceptors (Lipinski definition) is 5. The van der Waals surface area contributed by atoms with Crippen molar-refractivity contribution in [1.82, 2.24) is 14.4 Å². The van der Waals surface area contributed by atoms with Crippen LogP contribution in [0.25, 0.3) is 11.3 Å². The van der Waals surface area contributed by atoms with Crippen LogP contribution in [0.3, 0.4) is 0 Å². The maximum Gasteiger partial charge on any atom is 0.284 e. The van der Waals surface area contributed by atoms with Crippen molar-refractivity contribution in [1.29, 1.82) is 0 Å². The second kappa shape index (κ2) is 6.13. The van der Waals surface area contributed by atoms with Crippen LogP contribution in [0.2, 0.25) is 0 Å². The van der Waals surface area contributed by atoms with Crippen LogP contribution in [0.5, 0.6) is 5.75 Å². The molecule has 6 nitrogen and oxygen atoms in total. The van der Waals surface area contributed by atoms with Crippen molar-refractivity contribution in [2.45, 2.75) is 4.90 Å². The van der Waals surface area contributed by atoms with E-state index in [1.807, 2.05) is 24.3 Å². The molecule has 118 valence electrons. The van der Waals surface area contributed by atoms with Crippen molar-refractivity contribution in [3.05, 3.63) is 59.2 Å². The van der Waals surface area contributed by atoms with Gasteiger partial charge in [0.1, 0.15) is 11.4 Å². The average Bonchev–Trinajstić information content (AvgIpc) is 3.06. The van der Waals surface area contributed by atoms with Gasteiger partial charge in [-0.2, -0.15) is 8.42 Å². The van der Waals surface area contributed by atoms with E-state index >= 15 is 0 Å². The van der Waals surface area contributed by atoms with Crippen LogP contribution in [0, 0.1) is 0 Å². The van der Waals surface area contributed by atoms with E-state index in [4.69, 9.17) is 4.74 Å². The molecule has 0 amide bonds. The van der Waals surface area contributed by atoms with Crippen molar-refractivity contribution in [2.24, 2.45) is 0 Å². The molecule has 0 bridgehead atoms. The van der Waals surface area contributed by atoms with Gasteiger partial charge in [0.05, 0.1) is 18.2 Å². The fourth-order valence-corrected chi connectivity index (χ4v) is 3.47. The molecule has 0 spiro atoms. The minimum Gasteiger partial charge on any atom is -0.497 e. The zero-order valence-electron chi connectivity index (χ0n) is 12.0. The highest BCUT2D eigenvalue weighted by molar-refractivity contribution is 9.10. The third-order valence-electron chi connectivity index (χ3n) is 3.20. The van der Waals surface area contributed by atoms with Gasteiger partial charge in [0.2, 0.25) is 0 Å². The number of rotatable bonds is 4. The number of ether oxygens (including phenoxy) is 1. The van der Waals surface area contributed by atoms with E-state index in [1.54, 1.807) is 12.1 Å². The first-order valence-electron chi connectivity index (χ1n) is 6.58. The summed E-state index contributed by atoms with van der Waals surface area (Å²) in [6.45, 7) is 0. The Bertz CT molecular complexity index is 937. The number of methoxy groups -OCH3 is 1. The molecule has 8 heteroatoms. The van der Waals surface area contributed by atoms with Crippen molar-refractivity contribution < 1.29 is 13.2 Å². The van der Waals surface area contributed by atoms with Gasteiger partial charge in [0, 0.05) is 10.0 Å². The molecule has 1 heterocycles. The molecule has 0 atom stereocenters. The fourth-order valence-electron chi connectivity index (χ4n) is 2.00. The van der Waals surface area contributed by atoms with Gasteiger partial charge >= 0.3 is 0 Å². The lowest BCUT2D eigenvalue weighted by atomic mass is 10.2. The van der Waals surface area contributed by atoms with Crippen LogP contribution in [-0.2, 0) is 10.0 Å². The first-order valence-corrected chi connectivity index (χ1v) is 8.82. The van der Waals surface area contributed by atoms with Gasteiger partial charge in [-0.25, -0.2) is 0 Å². The van der Waals surface area contributed by atoms with Gasteiger partial charge in [-0.3, -0.25) is 0 Å². The lowest BCUT2D eigenvalue weighted by molar-refractivity contribution is 0.414. The maximum absolute atomic E-state index is 12.6. The summed E-state index contributed by atoms with van der Waals surface area (Å²) in [7, 11) is -2.27. The maximum atomic E-state index is 12.6. The Morgan fingerprint density at radius 3 is 2.52 bits per heavy atom. The fraction of sp³-hybridized carbons (Fsp3) is 0.0667. The van der Waals surface area contributed by atoms with Crippen LogP contribution in [0.15, 0.2) is 64.1 Å². The summed E-state index contributed by atoms with van der Waals surface area (Å²) < 4.78 is 31.9. The Morgan fingerprint density at radius 1 is 1.13 bits per heavy atom. The summed E-state index contributed by atoms with van der Waals surface area (Å²) in [4.78, 5) is 0.115. The molecular weight excluding hydrogens is 382 g/mol. The first kappa shape index (κ1) is 15.7. The number of halogens is 1. The predicted molar refractivity (Wildman–Crippen MR) is 88.7 cm³/mol. The Labute approximate surface area is 141 Å². The van der Waals surface area contributed by atoms with Crippen LogP contribution in [0.4, 0.5) is 0 Å². The quantitative estimate of drug-likeness (QED) is 0.680. The van der Waals surface area contributed by atoms with E-state index in [2.05, 4.69) is 26.2 Å². The lowest BCUT2D eigenvalue weighted by Gasteiger charge is -2.04. The molecule has 0 aliphatic carbocycles. The topological polar surface area (TPSA) is 74.1 Å². The van der Waals surface area contributed by atoms with Crippen molar-refractivity contribution in [3.8, 4) is 17.0 Å². The Hall–Kier alpha value is -2.19. The Morgan fingerprint density at radius 2 is 1.87 bits per heavy atom. The molecule has 0 unspecified atom stereocenters. The van der Waals surface area contributed by atoms with Gasteiger partial charge in [-0.15, -0.1) is 9.19 Å². The van der Waals surface area contributed by atoms with Gasteiger partial charge in [-0.1, -0.05) is 33.3 Å². The molecule has 2 aromatic carbocycles. The largest absolute Gasteiger partial charge is 0.497 e. The number of hydrogen-bond donors (Lipinski definition) is 0. The summed E-state index contributed by atoms with van der Waals surface area (Å²) >= 11 is 3.37. The molecule has 0 saturated heterocycles. The SMILES string of the molecule is COc1ccc(S(=O)(=O)n2cc(-c3cccc(Br)c3)nn2)cc1. The van der Waals surface area contributed by atoms with Gasteiger partial charge in [0.25, 0.3) is 10.0 Å². The molecule has 0 aliphatic rings. The second-order valence-electron chi connectivity index (χ2n) is 4.67. The highest BCUT2D eigenvalue weighted by Gasteiger charge is 2.19. The third-order valence-corrected chi connectivity index (χ3v) is 5.23. The molecule has 0 N–H and O–H groups in total. The predicted octanol–water partition coefficient (Wildman–Crippen LogP) is 2.95. The molecule has 0 radical (unpaired) electrons. The highest BCUT2D eigenvalue weighted by atomic mass is 79.9. The lowest BCUT2D eigenvalue weighted by Crippen LogP contribution is -2.13. The molecule has 3 aromatic rings. The van der Waals surface area contributed by atoms with Gasteiger partial charge < -0.3 is 4.74 Å². The van der Waals surface area contributed by atoms with Crippen molar-refractivity contribution >= 4 is 26.0 Å². The molecule has 1 aromatic heterocycles. The van der Waals surface area contributed by atoms with E-state index < -0.39 is 10.0 Å². The van der Waals surface area contributed by atoms with Gasteiger partial charge in [-0.05, 0) is 36.4 Å². The summed E-state index contributed by atoms with van der Waals surface area (Å²) in [5.41, 5.74) is 1.25. The minimum absolute atomic E-state index is 0.115. The van der Waals surface area contributed by atoms with E-state index in [9.17, 15) is 8.42 Å². The molecule has 3 rings (SSSR count). The van der Waals surface area contributed by atoms with E-state index in [1.165, 1.54) is 25.4 Å². The zero-order chi connectivity index (χ0) is 16.4. The van der Waals surface area contributed by atoms with Gasteiger partial charge in [0.15, 0.2) is 0 Å². The van der Waals surface area contributed by atoms with E-state index in [0.29, 0.717) is 11.4 Å². The van der Waals surface area contributed by atoms with Crippen LogP contribution in [-0.4, -0.2) is 29.9 Å². The summed E-state index contributed by atoms with van der Waals surface area (Å²) in [5.74, 6) is 0.581. The first-order chi connectivity index (χ1) is 11.0. The molecule has 0 aliphatic heterocycles. The monoisotopic (exact) mass is 393 g/mol. The summed E-state index contributed by atoms with van der Waals surface area (Å²) in [5, 5.41) is 7.69. The smallest absolute Gasteiger partial charge is 0.284 e. The van der Waals surface area contributed by atoms with E-state index in [0.717, 1.165) is 14.1 Å². The van der Waals surface area contributed by atoms with Crippen LogP contribution >= 0.6 is 15.9 Å². The highest BCUT2D eigenvalue weighted by Crippen LogP contribution is 2.23. The molecule has 23 heavy (non-hydrogen) atoms. The second-order valence-corrected chi connectivity index (χ2v) is 7.38. The third kappa shape index (κ3) is 3.13. The number of nitrogens with zero attached hydrogens (tertiary/aromatic N) is 3. The number of benzene rings is 2. The van der Waals surface area contributed by atoms with Crippen LogP contribution < -0.4 is 4.74 Å². The standard InChI is InChI=1S/C15H12BrN3O3S/c1-22-13-5-7-14(8-6-13)23(20,21)19-10-15(17-18-19)11-3-2-4-12(16)9-11/h2-10H,1H3. The van der Waals surface area contributed by atoms with Crippen molar-refractivity contribution in [2.75, 3.05) is 7.11 Å². The number of aromatic nitrogens is 3. The minimum atomic E-state index is -3.79. The summed E-state index contributed by atoms with van der Waals surface area (Å²) in [6.07, 6.45) is 1.39. The normalized spacial score (nSPS) is 11.4.